The molecule has 1 aromatic carbocycles. The van der Waals surface area contributed by atoms with Crippen LogP contribution in [-0.4, -0.2) is 47.2 Å². The van der Waals surface area contributed by atoms with Gasteiger partial charge in [0, 0.05) is 7.05 Å². The zero-order valence-corrected chi connectivity index (χ0v) is 17.2. The minimum atomic E-state index is -0.944. The zero-order chi connectivity index (χ0) is 20.4. The summed E-state index contributed by atoms with van der Waals surface area (Å²) in [7, 11) is 1.73. The van der Waals surface area contributed by atoms with Crippen LogP contribution in [0.15, 0.2) is 30.3 Å². The first-order chi connectivity index (χ1) is 13.5. The molecule has 28 heavy (non-hydrogen) atoms. The monoisotopic (exact) mass is 390 g/mol. The van der Waals surface area contributed by atoms with Gasteiger partial charge in [-0.3, -0.25) is 4.79 Å². The van der Waals surface area contributed by atoms with E-state index in [2.05, 4.69) is 12.2 Å². The molecule has 1 aromatic rings. The molecular weight excluding hydrogens is 356 g/mol. The lowest BCUT2D eigenvalue weighted by molar-refractivity contribution is -0.141. The highest BCUT2D eigenvalue weighted by molar-refractivity contribution is 5.90. The third-order valence-electron chi connectivity index (χ3n) is 5.64. The van der Waals surface area contributed by atoms with Crippen LogP contribution in [-0.2, 0) is 16.1 Å². The summed E-state index contributed by atoms with van der Waals surface area (Å²) >= 11 is 0. The number of aliphatic hydroxyl groups is 1. The Labute approximate surface area is 168 Å². The number of hydrogen-bond donors (Lipinski definition) is 2. The van der Waals surface area contributed by atoms with Gasteiger partial charge in [0.1, 0.15) is 12.1 Å². The van der Waals surface area contributed by atoms with E-state index in [1.165, 1.54) is 0 Å². The summed E-state index contributed by atoms with van der Waals surface area (Å²) in [5.41, 5.74) is -0.0425. The van der Waals surface area contributed by atoms with Crippen molar-refractivity contribution in [3.05, 3.63) is 35.9 Å². The first-order valence-corrected chi connectivity index (χ1v) is 10.4. The third kappa shape index (κ3) is 5.96. The molecule has 6 nitrogen and oxygen atoms in total. The number of ether oxygens (including phenoxy) is 1. The third-order valence-corrected chi connectivity index (χ3v) is 5.64. The number of benzene rings is 1. The molecule has 2 N–H and O–H groups in total. The highest BCUT2D eigenvalue weighted by Crippen LogP contribution is 2.31. The Morgan fingerprint density at radius 3 is 2.50 bits per heavy atom. The summed E-state index contributed by atoms with van der Waals surface area (Å²) in [6.45, 7) is 2.18. The molecule has 0 spiro atoms. The smallest absolute Gasteiger partial charge is 0.408 e. The van der Waals surface area contributed by atoms with Crippen LogP contribution in [0.2, 0.25) is 0 Å². The zero-order valence-electron chi connectivity index (χ0n) is 17.2. The van der Waals surface area contributed by atoms with Crippen LogP contribution >= 0.6 is 0 Å². The number of nitrogens with one attached hydrogen (secondary N) is 1. The summed E-state index contributed by atoms with van der Waals surface area (Å²) in [6, 6.07) is 9.25. The predicted octanol–water partition coefficient (Wildman–Crippen LogP) is 3.63. The number of rotatable bonds is 9. The van der Waals surface area contributed by atoms with Crippen LogP contribution in [0.3, 0.4) is 0 Å². The largest absolute Gasteiger partial charge is 0.445 e. The van der Waals surface area contributed by atoms with Crippen molar-refractivity contribution in [3.8, 4) is 0 Å². The highest BCUT2D eigenvalue weighted by atomic mass is 16.5. The number of carbonyl (C=O) groups is 2. The quantitative estimate of drug-likeness (QED) is 0.675. The van der Waals surface area contributed by atoms with Gasteiger partial charge in [-0.2, -0.15) is 0 Å². The SMILES string of the molecule is CCCC[C@@H](CO)N(C)C(=O)C1(NC(=O)OCc2ccccc2)CCCCC1. The second kappa shape index (κ2) is 11.1. The number of aliphatic hydroxyl groups excluding tert-OH is 1. The number of hydrogen-bond acceptors (Lipinski definition) is 4. The van der Waals surface area contributed by atoms with E-state index in [1.807, 2.05) is 30.3 Å². The maximum Gasteiger partial charge on any atom is 0.408 e. The van der Waals surface area contributed by atoms with Gasteiger partial charge in [-0.25, -0.2) is 4.79 Å². The number of unbranched alkanes of at least 4 members (excludes halogenated alkanes) is 1. The van der Waals surface area contributed by atoms with Crippen molar-refractivity contribution in [3.63, 3.8) is 0 Å². The summed E-state index contributed by atoms with van der Waals surface area (Å²) in [5, 5.41) is 12.6. The van der Waals surface area contributed by atoms with Gasteiger partial charge in [-0.15, -0.1) is 0 Å². The molecule has 1 fully saturated rings. The van der Waals surface area contributed by atoms with E-state index in [9.17, 15) is 14.7 Å². The Bertz CT molecular complexity index is 614. The number of carbonyl (C=O) groups excluding carboxylic acids is 2. The van der Waals surface area contributed by atoms with Crippen LogP contribution in [0.5, 0.6) is 0 Å². The second-order valence-corrected chi connectivity index (χ2v) is 7.72. The van der Waals surface area contributed by atoms with Gasteiger partial charge >= 0.3 is 6.09 Å². The second-order valence-electron chi connectivity index (χ2n) is 7.72. The summed E-state index contributed by atoms with van der Waals surface area (Å²) < 4.78 is 5.37. The summed E-state index contributed by atoms with van der Waals surface area (Å²) in [4.78, 5) is 27.4. The van der Waals surface area contributed by atoms with Crippen molar-refractivity contribution >= 4 is 12.0 Å². The van der Waals surface area contributed by atoms with E-state index in [0.717, 1.165) is 44.1 Å². The average Bonchev–Trinajstić information content (AvgIpc) is 2.73. The Kier molecular flexibility index (Phi) is 8.77. The van der Waals surface area contributed by atoms with E-state index < -0.39 is 11.6 Å². The summed E-state index contributed by atoms with van der Waals surface area (Å²) in [6.07, 6.45) is 6.17. The van der Waals surface area contributed by atoms with Gasteiger partial charge in [0.2, 0.25) is 5.91 Å². The van der Waals surface area contributed by atoms with E-state index in [0.29, 0.717) is 12.8 Å². The molecule has 1 atom stereocenters. The van der Waals surface area contributed by atoms with Crippen molar-refractivity contribution in [2.45, 2.75) is 76.5 Å². The molecule has 1 saturated carbocycles. The van der Waals surface area contributed by atoms with Crippen molar-refractivity contribution in [1.29, 1.82) is 0 Å². The predicted molar refractivity (Wildman–Crippen MR) is 109 cm³/mol. The Hall–Kier alpha value is -2.08. The summed E-state index contributed by atoms with van der Waals surface area (Å²) in [5.74, 6) is -0.126. The number of alkyl carbamates (subject to hydrolysis) is 1. The van der Waals surface area contributed by atoms with Gasteiger partial charge in [0.05, 0.1) is 12.6 Å². The number of amides is 2. The molecule has 2 rings (SSSR count). The van der Waals surface area contributed by atoms with Gasteiger partial charge in [0.15, 0.2) is 0 Å². The fourth-order valence-corrected chi connectivity index (χ4v) is 3.85. The van der Waals surface area contributed by atoms with Crippen LogP contribution in [0.25, 0.3) is 0 Å². The maximum absolute atomic E-state index is 13.3. The first kappa shape index (κ1) is 22.2. The Morgan fingerprint density at radius 2 is 1.89 bits per heavy atom. The lowest BCUT2D eigenvalue weighted by Crippen LogP contribution is -2.61. The molecule has 1 aliphatic rings. The van der Waals surface area contributed by atoms with Crippen molar-refractivity contribution in [2.24, 2.45) is 0 Å². The number of nitrogens with zero attached hydrogens (tertiary/aromatic N) is 1. The van der Waals surface area contributed by atoms with Crippen molar-refractivity contribution < 1.29 is 19.4 Å². The lowest BCUT2D eigenvalue weighted by Gasteiger charge is -2.41. The normalized spacial score (nSPS) is 16.8. The van der Waals surface area contributed by atoms with E-state index in [1.54, 1.807) is 11.9 Å². The molecule has 156 valence electrons. The molecule has 2 amide bonds. The molecule has 0 radical (unpaired) electrons. The molecule has 0 saturated heterocycles. The Morgan fingerprint density at radius 1 is 1.21 bits per heavy atom. The van der Waals surface area contributed by atoms with Crippen molar-refractivity contribution in [1.82, 2.24) is 10.2 Å². The molecule has 0 heterocycles. The maximum atomic E-state index is 13.3. The van der Waals surface area contributed by atoms with Crippen molar-refractivity contribution in [2.75, 3.05) is 13.7 Å². The van der Waals surface area contributed by atoms with Crippen LogP contribution in [0.4, 0.5) is 4.79 Å². The van der Waals surface area contributed by atoms with E-state index in [-0.39, 0.29) is 25.2 Å². The van der Waals surface area contributed by atoms with Gasteiger partial charge in [0.25, 0.3) is 0 Å². The van der Waals surface area contributed by atoms with Gasteiger partial charge in [-0.1, -0.05) is 69.4 Å². The van der Waals surface area contributed by atoms with Crippen LogP contribution < -0.4 is 5.32 Å². The van der Waals surface area contributed by atoms with Gasteiger partial charge < -0.3 is 20.1 Å². The molecule has 0 aliphatic heterocycles. The lowest BCUT2D eigenvalue weighted by atomic mass is 9.80. The first-order valence-electron chi connectivity index (χ1n) is 10.4. The topological polar surface area (TPSA) is 78.9 Å². The average molecular weight is 391 g/mol. The minimum absolute atomic E-state index is 0.0726. The van der Waals surface area contributed by atoms with Gasteiger partial charge in [-0.05, 0) is 24.8 Å². The standard InChI is InChI=1S/C22H34N2O4/c1-3-4-13-19(16-25)24(2)20(26)22(14-9-6-10-15-22)23-21(27)28-17-18-11-7-5-8-12-18/h5,7-8,11-12,19,25H,3-4,6,9-10,13-17H2,1-2H3,(H,23,27)/t19-/m0/s1. The van der Waals surface area contributed by atoms with Crippen LogP contribution in [0, 0.1) is 0 Å². The molecule has 0 unspecified atom stereocenters. The fourth-order valence-electron chi connectivity index (χ4n) is 3.85. The molecule has 1 aliphatic carbocycles. The fraction of sp³-hybridized carbons (Fsp3) is 0.636. The Balaban J connectivity index is 2.05. The minimum Gasteiger partial charge on any atom is -0.445 e. The molecule has 0 aromatic heterocycles. The highest BCUT2D eigenvalue weighted by Gasteiger charge is 2.44. The molecule has 6 heteroatoms. The number of likely N-dealkylation sites (N-methyl/N-ethyl adjacent to an activating group) is 1. The van der Waals surface area contributed by atoms with Crippen LogP contribution in [0.1, 0.15) is 63.9 Å². The molecular formula is C22H34N2O4. The van der Waals surface area contributed by atoms with E-state index >= 15 is 0 Å². The van der Waals surface area contributed by atoms with E-state index in [4.69, 9.17) is 4.74 Å². The molecule has 0 bridgehead atoms.